The van der Waals surface area contributed by atoms with Gasteiger partial charge in [0.1, 0.15) is 11.4 Å². The molecule has 0 fully saturated rings. The van der Waals surface area contributed by atoms with E-state index in [2.05, 4.69) is 23.3 Å². The van der Waals surface area contributed by atoms with E-state index in [-0.39, 0.29) is 5.91 Å². The Kier molecular flexibility index (Phi) is 5.12. The summed E-state index contributed by atoms with van der Waals surface area (Å²) in [5.41, 5.74) is 5.65. The third kappa shape index (κ3) is 4.35. The van der Waals surface area contributed by atoms with Gasteiger partial charge in [-0.25, -0.2) is 4.98 Å². The molecular formula is C24H21N3O2. The molecule has 0 aliphatic rings. The Morgan fingerprint density at radius 1 is 1.07 bits per heavy atom. The van der Waals surface area contributed by atoms with Crippen LogP contribution in [0.1, 0.15) is 11.1 Å². The highest BCUT2D eigenvalue weighted by molar-refractivity contribution is 6.02. The number of methoxy groups -OCH3 is 1. The molecule has 29 heavy (non-hydrogen) atoms. The van der Waals surface area contributed by atoms with Crippen LogP contribution in [0.15, 0.2) is 79.1 Å². The van der Waals surface area contributed by atoms with Crippen molar-refractivity contribution in [3.8, 4) is 17.0 Å². The molecule has 4 rings (SSSR count). The van der Waals surface area contributed by atoms with E-state index in [4.69, 9.17) is 4.74 Å². The number of carbonyl (C=O) groups is 1. The summed E-state index contributed by atoms with van der Waals surface area (Å²) in [6, 6.07) is 19.3. The number of pyridine rings is 1. The van der Waals surface area contributed by atoms with Crippen molar-refractivity contribution in [2.24, 2.45) is 0 Å². The number of hydrogen-bond donors (Lipinski definition) is 1. The molecule has 0 saturated heterocycles. The molecule has 4 aromatic rings. The minimum Gasteiger partial charge on any atom is -0.497 e. The van der Waals surface area contributed by atoms with E-state index < -0.39 is 0 Å². The molecule has 2 aromatic carbocycles. The number of anilines is 1. The zero-order valence-corrected chi connectivity index (χ0v) is 16.3. The zero-order valence-electron chi connectivity index (χ0n) is 16.3. The largest absolute Gasteiger partial charge is 0.497 e. The molecule has 0 atom stereocenters. The van der Waals surface area contributed by atoms with Crippen molar-refractivity contribution < 1.29 is 9.53 Å². The number of ether oxygens (including phenoxy) is 1. The van der Waals surface area contributed by atoms with Crippen molar-refractivity contribution in [2.45, 2.75) is 6.92 Å². The van der Waals surface area contributed by atoms with Crippen LogP contribution in [0, 0.1) is 6.92 Å². The first-order valence-corrected chi connectivity index (χ1v) is 9.30. The third-order valence-electron chi connectivity index (χ3n) is 4.61. The lowest BCUT2D eigenvalue weighted by molar-refractivity contribution is -0.111. The Hall–Kier alpha value is -3.86. The first-order chi connectivity index (χ1) is 14.1. The number of rotatable bonds is 5. The van der Waals surface area contributed by atoms with Crippen LogP contribution < -0.4 is 10.1 Å². The van der Waals surface area contributed by atoms with Gasteiger partial charge in [-0.1, -0.05) is 24.3 Å². The van der Waals surface area contributed by atoms with Gasteiger partial charge in [-0.15, -0.1) is 0 Å². The highest BCUT2D eigenvalue weighted by Gasteiger charge is 2.05. The molecule has 0 saturated carbocycles. The lowest BCUT2D eigenvalue weighted by Crippen LogP contribution is -2.07. The number of benzene rings is 2. The number of nitrogens with one attached hydrogen (secondary N) is 1. The monoisotopic (exact) mass is 383 g/mol. The van der Waals surface area contributed by atoms with E-state index in [9.17, 15) is 4.79 Å². The minimum atomic E-state index is -0.184. The highest BCUT2D eigenvalue weighted by Crippen LogP contribution is 2.22. The molecule has 5 heteroatoms. The Labute approximate surface area is 169 Å². The molecule has 1 N–H and O–H groups in total. The Morgan fingerprint density at radius 2 is 1.83 bits per heavy atom. The van der Waals surface area contributed by atoms with Gasteiger partial charge in [0.25, 0.3) is 0 Å². The van der Waals surface area contributed by atoms with Gasteiger partial charge in [-0.05, 0) is 60.5 Å². The maximum absolute atomic E-state index is 12.2. The molecule has 2 aromatic heterocycles. The summed E-state index contributed by atoms with van der Waals surface area (Å²) in [7, 11) is 1.62. The fourth-order valence-electron chi connectivity index (χ4n) is 3.02. The number of amides is 1. The van der Waals surface area contributed by atoms with Crippen molar-refractivity contribution in [2.75, 3.05) is 12.4 Å². The van der Waals surface area contributed by atoms with Gasteiger partial charge < -0.3 is 14.5 Å². The fourth-order valence-corrected chi connectivity index (χ4v) is 3.02. The van der Waals surface area contributed by atoms with E-state index in [1.54, 1.807) is 13.2 Å². The topological polar surface area (TPSA) is 55.6 Å². The average molecular weight is 383 g/mol. The first-order valence-electron chi connectivity index (χ1n) is 9.30. The lowest BCUT2D eigenvalue weighted by Gasteiger charge is -2.03. The standard InChI is InChI=1S/C24H21N3O2/c1-17-13-14-27-16-22(26-23(27)15-17)19-6-8-20(9-7-19)25-24(28)12-5-18-3-10-21(29-2)11-4-18/h3-16H,1-2H3,(H,25,28)/b12-5+. The molecule has 0 aliphatic heterocycles. The molecule has 0 unspecified atom stereocenters. The maximum Gasteiger partial charge on any atom is 0.248 e. The predicted molar refractivity (Wildman–Crippen MR) is 116 cm³/mol. The van der Waals surface area contributed by atoms with Gasteiger partial charge in [-0.3, -0.25) is 4.79 Å². The molecule has 2 heterocycles. The van der Waals surface area contributed by atoms with E-state index in [0.29, 0.717) is 0 Å². The molecule has 0 radical (unpaired) electrons. The van der Waals surface area contributed by atoms with Crippen LogP contribution in [0.5, 0.6) is 5.75 Å². The van der Waals surface area contributed by atoms with E-state index in [1.807, 2.05) is 71.4 Å². The molecule has 1 amide bonds. The summed E-state index contributed by atoms with van der Waals surface area (Å²) < 4.78 is 7.13. The number of nitrogens with zero attached hydrogens (tertiary/aromatic N) is 2. The number of hydrogen-bond acceptors (Lipinski definition) is 3. The number of fused-ring (bicyclic) bond motifs is 1. The summed E-state index contributed by atoms with van der Waals surface area (Å²) in [6.07, 6.45) is 7.28. The van der Waals surface area contributed by atoms with Crippen LogP contribution in [-0.4, -0.2) is 22.4 Å². The SMILES string of the molecule is COc1ccc(/C=C/C(=O)Nc2ccc(-c3cn4ccc(C)cc4n3)cc2)cc1. The number of imidazole rings is 1. The summed E-state index contributed by atoms with van der Waals surface area (Å²) in [5, 5.41) is 2.87. The summed E-state index contributed by atoms with van der Waals surface area (Å²) in [5.74, 6) is 0.601. The smallest absolute Gasteiger partial charge is 0.248 e. The van der Waals surface area contributed by atoms with Crippen molar-refractivity contribution >= 4 is 23.3 Å². The zero-order chi connectivity index (χ0) is 20.2. The van der Waals surface area contributed by atoms with E-state index in [1.165, 1.54) is 11.6 Å². The summed E-state index contributed by atoms with van der Waals surface area (Å²) >= 11 is 0. The van der Waals surface area contributed by atoms with Crippen LogP contribution in [0.2, 0.25) is 0 Å². The molecule has 0 aliphatic carbocycles. The van der Waals surface area contributed by atoms with Gasteiger partial charge in [0.2, 0.25) is 5.91 Å². The first kappa shape index (κ1) is 18.5. The number of carbonyl (C=O) groups excluding carboxylic acids is 1. The van der Waals surface area contributed by atoms with Crippen LogP contribution >= 0.6 is 0 Å². The average Bonchev–Trinajstić information content (AvgIpc) is 3.16. The Balaban J connectivity index is 1.42. The second kappa shape index (κ2) is 8.02. The molecule has 0 spiro atoms. The molecule has 144 valence electrons. The molecular weight excluding hydrogens is 362 g/mol. The van der Waals surface area contributed by atoms with Gasteiger partial charge >= 0.3 is 0 Å². The Morgan fingerprint density at radius 3 is 2.55 bits per heavy atom. The number of aryl methyl sites for hydroxylation is 1. The van der Waals surface area contributed by atoms with Gasteiger partial charge in [-0.2, -0.15) is 0 Å². The minimum absolute atomic E-state index is 0.184. The molecule has 5 nitrogen and oxygen atoms in total. The van der Waals surface area contributed by atoms with Gasteiger partial charge in [0, 0.05) is 29.7 Å². The van der Waals surface area contributed by atoms with Crippen molar-refractivity contribution in [1.82, 2.24) is 9.38 Å². The maximum atomic E-state index is 12.2. The normalized spacial score (nSPS) is 11.1. The van der Waals surface area contributed by atoms with Crippen LogP contribution in [0.25, 0.3) is 23.0 Å². The van der Waals surface area contributed by atoms with Gasteiger partial charge in [0.15, 0.2) is 0 Å². The van der Waals surface area contributed by atoms with Crippen LogP contribution in [-0.2, 0) is 4.79 Å². The van der Waals surface area contributed by atoms with Crippen molar-refractivity contribution in [3.63, 3.8) is 0 Å². The lowest BCUT2D eigenvalue weighted by atomic mass is 10.1. The second-order valence-corrected chi connectivity index (χ2v) is 6.77. The van der Waals surface area contributed by atoms with Crippen LogP contribution in [0.3, 0.4) is 0 Å². The fraction of sp³-hybridized carbons (Fsp3) is 0.0833. The van der Waals surface area contributed by atoms with Gasteiger partial charge in [0.05, 0.1) is 12.8 Å². The van der Waals surface area contributed by atoms with E-state index >= 15 is 0 Å². The van der Waals surface area contributed by atoms with Crippen LogP contribution in [0.4, 0.5) is 5.69 Å². The Bertz CT molecular complexity index is 1170. The quantitative estimate of drug-likeness (QED) is 0.495. The summed E-state index contributed by atoms with van der Waals surface area (Å²) in [4.78, 5) is 16.8. The number of aromatic nitrogens is 2. The summed E-state index contributed by atoms with van der Waals surface area (Å²) in [6.45, 7) is 2.05. The highest BCUT2D eigenvalue weighted by atomic mass is 16.5. The van der Waals surface area contributed by atoms with E-state index in [0.717, 1.165) is 33.9 Å². The molecule has 0 bridgehead atoms. The van der Waals surface area contributed by atoms with Crippen molar-refractivity contribution in [1.29, 1.82) is 0 Å². The van der Waals surface area contributed by atoms with Crippen molar-refractivity contribution in [3.05, 3.63) is 90.3 Å². The predicted octanol–water partition coefficient (Wildman–Crippen LogP) is 4.97. The second-order valence-electron chi connectivity index (χ2n) is 6.77. The third-order valence-corrected chi connectivity index (χ3v) is 4.61.